The van der Waals surface area contributed by atoms with E-state index in [9.17, 15) is 9.90 Å². The Morgan fingerprint density at radius 2 is 2.00 bits per heavy atom. The lowest BCUT2D eigenvalue weighted by molar-refractivity contribution is -0.138. The van der Waals surface area contributed by atoms with Gasteiger partial charge in [-0.05, 0) is 37.0 Å². The van der Waals surface area contributed by atoms with Crippen LogP contribution in [0.5, 0.6) is 0 Å². The number of hydrogen-bond donors (Lipinski definition) is 2. The molecule has 0 bridgehead atoms. The van der Waals surface area contributed by atoms with Crippen molar-refractivity contribution in [3.05, 3.63) is 35.9 Å². The number of hydrogen-bond acceptors (Lipinski definition) is 3. The minimum atomic E-state index is -0.763. The molecule has 0 radical (unpaired) electrons. The largest absolute Gasteiger partial charge is 0.481 e. The third kappa shape index (κ3) is 6.64. The molecule has 4 heteroatoms. The van der Waals surface area contributed by atoms with Crippen molar-refractivity contribution in [2.24, 2.45) is 0 Å². The fraction of sp³-hybridized carbons (Fsp3) is 0.533. The molecule has 0 fully saturated rings. The minimum Gasteiger partial charge on any atom is -0.481 e. The highest BCUT2D eigenvalue weighted by molar-refractivity contribution is 7.98. The predicted molar refractivity (Wildman–Crippen MR) is 81.9 cm³/mol. The molecule has 0 aliphatic carbocycles. The topological polar surface area (TPSA) is 49.3 Å². The van der Waals surface area contributed by atoms with Gasteiger partial charge in [0.05, 0.1) is 5.92 Å². The van der Waals surface area contributed by atoms with E-state index in [1.807, 2.05) is 42.1 Å². The summed E-state index contributed by atoms with van der Waals surface area (Å²) in [4.78, 5) is 11.3. The van der Waals surface area contributed by atoms with Crippen molar-refractivity contribution >= 4 is 17.7 Å². The molecule has 0 aliphatic rings. The van der Waals surface area contributed by atoms with Crippen LogP contribution >= 0.6 is 11.8 Å². The van der Waals surface area contributed by atoms with Gasteiger partial charge in [-0.1, -0.05) is 36.8 Å². The fourth-order valence-electron chi connectivity index (χ4n) is 1.95. The fourth-order valence-corrected chi connectivity index (χ4v) is 2.45. The molecule has 0 amide bonds. The first-order valence-corrected chi connectivity index (χ1v) is 8.12. The van der Waals surface area contributed by atoms with E-state index in [-0.39, 0.29) is 0 Å². The van der Waals surface area contributed by atoms with Gasteiger partial charge >= 0.3 is 5.97 Å². The van der Waals surface area contributed by atoms with E-state index in [1.165, 1.54) is 18.6 Å². The van der Waals surface area contributed by atoms with Crippen LogP contribution in [0.3, 0.4) is 0 Å². The first kappa shape index (κ1) is 16.1. The molecular formula is C15H23NO2S. The second-order valence-corrected chi connectivity index (χ2v) is 5.54. The average Bonchev–Trinajstić information content (AvgIpc) is 2.42. The first-order valence-electron chi connectivity index (χ1n) is 6.73. The van der Waals surface area contributed by atoms with E-state index in [1.54, 1.807) is 0 Å². The van der Waals surface area contributed by atoms with Gasteiger partial charge in [-0.2, -0.15) is 11.8 Å². The number of carbonyl (C=O) groups is 1. The summed E-state index contributed by atoms with van der Waals surface area (Å²) in [5.74, 6) is -0.00428. The maximum atomic E-state index is 11.3. The molecule has 0 heterocycles. The van der Waals surface area contributed by atoms with Crippen molar-refractivity contribution < 1.29 is 9.90 Å². The lowest BCUT2D eigenvalue weighted by Gasteiger charge is -2.13. The number of nitrogens with one attached hydrogen (secondary N) is 1. The van der Waals surface area contributed by atoms with E-state index in [0.717, 1.165) is 18.5 Å². The molecule has 0 aliphatic heterocycles. The number of carboxylic acids is 1. The molecule has 2 N–H and O–H groups in total. The molecular weight excluding hydrogens is 258 g/mol. The first-order chi connectivity index (χ1) is 9.25. The minimum absolute atomic E-state index is 0.451. The predicted octanol–water partition coefficient (Wildman–Crippen LogP) is 2.98. The molecule has 3 nitrogen and oxygen atoms in total. The van der Waals surface area contributed by atoms with E-state index in [0.29, 0.717) is 6.54 Å². The van der Waals surface area contributed by atoms with Gasteiger partial charge in [0.1, 0.15) is 0 Å². The van der Waals surface area contributed by atoms with E-state index >= 15 is 0 Å². The standard InChI is InChI=1S/C15H23NO2S/c1-19-11-7-3-6-10-16-12-14(15(17)18)13-8-4-2-5-9-13/h2,4-5,8-9,14,16H,3,6-7,10-12H2,1H3,(H,17,18). The van der Waals surface area contributed by atoms with Gasteiger partial charge in [0.15, 0.2) is 0 Å². The Labute approximate surface area is 119 Å². The monoisotopic (exact) mass is 281 g/mol. The van der Waals surface area contributed by atoms with E-state index in [2.05, 4.69) is 11.6 Å². The number of carboxylic acid groups (broad SMARTS) is 1. The Bertz CT molecular complexity index is 356. The SMILES string of the molecule is CSCCCCCNCC(C(=O)O)c1ccccc1. The van der Waals surface area contributed by atoms with Crippen LogP contribution in [0.4, 0.5) is 0 Å². The second kappa shape index (κ2) is 9.87. The van der Waals surface area contributed by atoms with Crippen molar-refractivity contribution in [1.82, 2.24) is 5.32 Å². The van der Waals surface area contributed by atoms with Crippen LogP contribution < -0.4 is 5.32 Å². The molecule has 0 saturated carbocycles. The van der Waals surface area contributed by atoms with Crippen molar-refractivity contribution in [2.75, 3.05) is 25.1 Å². The average molecular weight is 281 g/mol. The molecule has 1 unspecified atom stereocenters. The van der Waals surface area contributed by atoms with Crippen molar-refractivity contribution in [1.29, 1.82) is 0 Å². The van der Waals surface area contributed by atoms with Crippen LogP contribution in [0.25, 0.3) is 0 Å². The van der Waals surface area contributed by atoms with Crippen LogP contribution in [0.15, 0.2) is 30.3 Å². The Morgan fingerprint density at radius 1 is 1.26 bits per heavy atom. The van der Waals surface area contributed by atoms with Gasteiger partial charge in [0, 0.05) is 6.54 Å². The highest BCUT2D eigenvalue weighted by atomic mass is 32.2. The Balaban J connectivity index is 2.26. The summed E-state index contributed by atoms with van der Waals surface area (Å²) in [7, 11) is 0. The number of unbranched alkanes of at least 4 members (excludes halogenated alkanes) is 2. The van der Waals surface area contributed by atoms with Crippen LogP contribution in [0.1, 0.15) is 30.7 Å². The summed E-state index contributed by atoms with van der Waals surface area (Å²) in [5, 5.41) is 12.5. The third-order valence-corrected chi connectivity index (χ3v) is 3.75. The molecule has 0 saturated heterocycles. The summed E-state index contributed by atoms with van der Waals surface area (Å²) in [6, 6.07) is 9.42. The quantitative estimate of drug-likeness (QED) is 0.647. The summed E-state index contributed by atoms with van der Waals surface area (Å²) in [5.41, 5.74) is 0.866. The molecule has 106 valence electrons. The summed E-state index contributed by atoms with van der Waals surface area (Å²) >= 11 is 1.87. The third-order valence-electron chi connectivity index (χ3n) is 3.05. The molecule has 0 spiro atoms. The van der Waals surface area contributed by atoms with Crippen LogP contribution in [-0.4, -0.2) is 36.2 Å². The zero-order valence-electron chi connectivity index (χ0n) is 11.5. The number of aliphatic carboxylic acids is 1. The van der Waals surface area contributed by atoms with Gasteiger partial charge in [-0.3, -0.25) is 4.79 Å². The highest BCUT2D eigenvalue weighted by Crippen LogP contribution is 2.14. The van der Waals surface area contributed by atoms with Crippen LogP contribution in [0.2, 0.25) is 0 Å². The second-order valence-electron chi connectivity index (χ2n) is 4.56. The van der Waals surface area contributed by atoms with Crippen molar-refractivity contribution in [3.63, 3.8) is 0 Å². The maximum Gasteiger partial charge on any atom is 0.312 e. The normalized spacial score (nSPS) is 12.3. The molecule has 1 aromatic rings. The van der Waals surface area contributed by atoms with E-state index in [4.69, 9.17) is 0 Å². The number of thioether (sulfide) groups is 1. The zero-order chi connectivity index (χ0) is 13.9. The van der Waals surface area contributed by atoms with Crippen LogP contribution in [0, 0.1) is 0 Å². The number of benzene rings is 1. The van der Waals surface area contributed by atoms with Crippen molar-refractivity contribution in [2.45, 2.75) is 25.2 Å². The van der Waals surface area contributed by atoms with Gasteiger partial charge in [-0.15, -0.1) is 0 Å². The van der Waals surface area contributed by atoms with Crippen molar-refractivity contribution in [3.8, 4) is 0 Å². The van der Waals surface area contributed by atoms with Gasteiger partial charge in [0.2, 0.25) is 0 Å². The zero-order valence-corrected chi connectivity index (χ0v) is 12.3. The smallest absolute Gasteiger partial charge is 0.312 e. The van der Waals surface area contributed by atoms with Gasteiger partial charge in [0.25, 0.3) is 0 Å². The molecule has 1 rings (SSSR count). The summed E-state index contributed by atoms with van der Waals surface area (Å²) in [6.07, 6.45) is 5.68. The Kier molecular flexibility index (Phi) is 8.34. The molecule has 0 aromatic heterocycles. The van der Waals surface area contributed by atoms with Crippen LogP contribution in [-0.2, 0) is 4.79 Å². The van der Waals surface area contributed by atoms with Gasteiger partial charge in [-0.25, -0.2) is 0 Å². The molecule has 1 aromatic carbocycles. The Hall–Kier alpha value is -1.00. The summed E-state index contributed by atoms with van der Waals surface area (Å²) in [6.45, 7) is 1.40. The van der Waals surface area contributed by atoms with Gasteiger partial charge < -0.3 is 10.4 Å². The Morgan fingerprint density at radius 3 is 2.63 bits per heavy atom. The lowest BCUT2D eigenvalue weighted by atomic mass is 9.99. The maximum absolute atomic E-state index is 11.3. The molecule has 19 heavy (non-hydrogen) atoms. The lowest BCUT2D eigenvalue weighted by Crippen LogP contribution is -2.27. The molecule has 1 atom stereocenters. The highest BCUT2D eigenvalue weighted by Gasteiger charge is 2.18. The van der Waals surface area contributed by atoms with E-state index < -0.39 is 11.9 Å². The number of rotatable bonds is 10. The summed E-state index contributed by atoms with van der Waals surface area (Å²) < 4.78 is 0.